The first-order valence-corrected chi connectivity index (χ1v) is 7.92. The third kappa shape index (κ3) is 2.64. The molecule has 1 N–H and O–H groups in total. The topological polar surface area (TPSA) is 36.4 Å². The highest BCUT2D eigenvalue weighted by atomic mass is 32.1. The minimum absolute atomic E-state index is 0.563. The van der Waals surface area contributed by atoms with Crippen LogP contribution in [-0.4, -0.2) is 27.6 Å². The zero-order chi connectivity index (χ0) is 14.1. The molecule has 1 aromatic heterocycles. The number of hydrogen-bond acceptors (Lipinski definition) is 4. The molecule has 3 rings (SSSR count). The lowest BCUT2D eigenvalue weighted by atomic mass is 10.1. The maximum absolute atomic E-state index is 10.5. The van der Waals surface area contributed by atoms with Gasteiger partial charge in [-0.25, -0.2) is 4.98 Å². The summed E-state index contributed by atoms with van der Waals surface area (Å²) in [5, 5.41) is 11.3. The Kier molecular flexibility index (Phi) is 3.87. The quantitative estimate of drug-likeness (QED) is 0.943. The number of benzene rings is 1. The molecule has 1 aliphatic rings. The maximum atomic E-state index is 10.5. The molecule has 0 bridgehead atoms. The van der Waals surface area contributed by atoms with E-state index in [4.69, 9.17) is 0 Å². The van der Waals surface area contributed by atoms with E-state index in [2.05, 4.69) is 23.7 Å². The van der Waals surface area contributed by atoms with Crippen molar-refractivity contribution in [1.82, 2.24) is 9.88 Å². The van der Waals surface area contributed by atoms with Gasteiger partial charge in [-0.05, 0) is 19.4 Å². The summed E-state index contributed by atoms with van der Waals surface area (Å²) in [5.41, 5.74) is 2.09. The Balaban J connectivity index is 1.84. The molecule has 3 nitrogen and oxygen atoms in total. The predicted molar refractivity (Wildman–Crippen MR) is 81.9 cm³/mol. The summed E-state index contributed by atoms with van der Waals surface area (Å²) in [6, 6.07) is 10.3. The molecule has 0 fully saturated rings. The lowest BCUT2D eigenvalue weighted by Crippen LogP contribution is -2.35. The van der Waals surface area contributed by atoms with E-state index in [0.717, 1.165) is 30.1 Å². The average Bonchev–Trinajstić information content (AvgIpc) is 2.90. The minimum atomic E-state index is -0.598. The van der Waals surface area contributed by atoms with Crippen molar-refractivity contribution in [3.63, 3.8) is 0 Å². The van der Waals surface area contributed by atoms with Gasteiger partial charge in [0, 0.05) is 30.4 Å². The van der Waals surface area contributed by atoms with Crippen LogP contribution in [0.4, 0.5) is 0 Å². The van der Waals surface area contributed by atoms with Crippen LogP contribution in [0.5, 0.6) is 0 Å². The molecule has 1 aliphatic heterocycles. The Labute approximate surface area is 123 Å². The molecule has 0 spiro atoms. The highest BCUT2D eigenvalue weighted by Crippen LogP contribution is 2.31. The Hall–Kier alpha value is -1.23. The van der Waals surface area contributed by atoms with Gasteiger partial charge in [-0.2, -0.15) is 0 Å². The first-order valence-electron chi connectivity index (χ1n) is 7.10. The average molecular weight is 288 g/mol. The number of aliphatic hydroxyl groups is 1. The molecule has 1 unspecified atom stereocenters. The Morgan fingerprint density at radius 1 is 1.25 bits per heavy atom. The second kappa shape index (κ2) is 5.64. The SMILES string of the molecule is CC(C)N1CCc2nc(C(O)c3ccccc3)sc2C1. The maximum Gasteiger partial charge on any atom is 0.131 e. The summed E-state index contributed by atoms with van der Waals surface area (Å²) >= 11 is 1.66. The van der Waals surface area contributed by atoms with Crippen molar-refractivity contribution in [2.45, 2.75) is 39.0 Å². The third-order valence-corrected chi connectivity index (χ3v) is 4.99. The largest absolute Gasteiger partial charge is 0.381 e. The van der Waals surface area contributed by atoms with Crippen LogP contribution in [-0.2, 0) is 13.0 Å². The number of aliphatic hydroxyl groups excluding tert-OH is 1. The molecule has 0 saturated heterocycles. The van der Waals surface area contributed by atoms with Crippen molar-refractivity contribution in [2.75, 3.05) is 6.54 Å². The first kappa shape index (κ1) is 13.7. The molecule has 0 aliphatic carbocycles. The van der Waals surface area contributed by atoms with Crippen molar-refractivity contribution in [3.05, 3.63) is 51.5 Å². The Morgan fingerprint density at radius 2 is 2.00 bits per heavy atom. The van der Waals surface area contributed by atoms with E-state index in [9.17, 15) is 5.11 Å². The van der Waals surface area contributed by atoms with E-state index in [1.165, 1.54) is 10.6 Å². The molecular weight excluding hydrogens is 268 g/mol. The van der Waals surface area contributed by atoms with Crippen molar-refractivity contribution < 1.29 is 5.11 Å². The summed E-state index contributed by atoms with van der Waals surface area (Å²) in [7, 11) is 0. The van der Waals surface area contributed by atoms with Crippen LogP contribution in [0.1, 0.15) is 41.1 Å². The van der Waals surface area contributed by atoms with Gasteiger partial charge in [0.05, 0.1) is 5.69 Å². The van der Waals surface area contributed by atoms with E-state index < -0.39 is 6.10 Å². The number of rotatable bonds is 3. The van der Waals surface area contributed by atoms with Crippen LogP contribution < -0.4 is 0 Å². The van der Waals surface area contributed by atoms with Gasteiger partial charge in [0.2, 0.25) is 0 Å². The van der Waals surface area contributed by atoms with Gasteiger partial charge in [0.1, 0.15) is 11.1 Å². The Bertz CT molecular complexity index is 579. The van der Waals surface area contributed by atoms with Crippen LogP contribution in [0.15, 0.2) is 30.3 Å². The standard InChI is InChI=1S/C16H20N2OS/c1-11(2)18-9-8-13-14(10-18)20-16(17-13)15(19)12-6-4-3-5-7-12/h3-7,11,15,19H,8-10H2,1-2H3. The molecule has 1 atom stereocenters. The molecule has 0 radical (unpaired) electrons. The molecule has 20 heavy (non-hydrogen) atoms. The van der Waals surface area contributed by atoms with E-state index in [0.29, 0.717) is 6.04 Å². The summed E-state index contributed by atoms with van der Waals surface area (Å²) in [4.78, 5) is 8.43. The van der Waals surface area contributed by atoms with Gasteiger partial charge in [-0.1, -0.05) is 30.3 Å². The fourth-order valence-electron chi connectivity index (χ4n) is 2.57. The van der Waals surface area contributed by atoms with Gasteiger partial charge < -0.3 is 5.11 Å². The number of nitrogens with zero attached hydrogens (tertiary/aromatic N) is 2. The van der Waals surface area contributed by atoms with Gasteiger partial charge in [-0.15, -0.1) is 11.3 Å². The second-order valence-corrected chi connectivity index (χ2v) is 6.66. The zero-order valence-corrected chi connectivity index (χ0v) is 12.7. The van der Waals surface area contributed by atoms with Crippen LogP contribution in [0.3, 0.4) is 0 Å². The van der Waals surface area contributed by atoms with Crippen molar-refractivity contribution in [2.24, 2.45) is 0 Å². The van der Waals surface area contributed by atoms with Gasteiger partial charge in [-0.3, -0.25) is 4.90 Å². The lowest BCUT2D eigenvalue weighted by Gasteiger charge is -2.29. The zero-order valence-electron chi connectivity index (χ0n) is 11.9. The molecule has 0 amide bonds. The van der Waals surface area contributed by atoms with Crippen LogP contribution in [0.25, 0.3) is 0 Å². The van der Waals surface area contributed by atoms with Crippen LogP contribution in [0.2, 0.25) is 0 Å². The molecule has 1 aromatic carbocycles. The number of aromatic nitrogens is 1. The van der Waals surface area contributed by atoms with Crippen molar-refractivity contribution in [3.8, 4) is 0 Å². The number of hydrogen-bond donors (Lipinski definition) is 1. The minimum Gasteiger partial charge on any atom is -0.381 e. The van der Waals surface area contributed by atoms with Crippen molar-refractivity contribution in [1.29, 1.82) is 0 Å². The highest BCUT2D eigenvalue weighted by molar-refractivity contribution is 7.11. The summed E-state index contributed by atoms with van der Waals surface area (Å²) in [6.45, 7) is 6.49. The highest BCUT2D eigenvalue weighted by Gasteiger charge is 2.24. The van der Waals surface area contributed by atoms with E-state index in [-0.39, 0.29) is 0 Å². The predicted octanol–water partition coefficient (Wildman–Crippen LogP) is 2.99. The van der Waals surface area contributed by atoms with E-state index in [1.54, 1.807) is 11.3 Å². The molecule has 0 saturated carbocycles. The Morgan fingerprint density at radius 3 is 2.70 bits per heavy atom. The second-order valence-electron chi connectivity index (χ2n) is 5.55. The molecule has 2 heterocycles. The van der Waals surface area contributed by atoms with Gasteiger partial charge in [0.25, 0.3) is 0 Å². The number of fused-ring (bicyclic) bond motifs is 1. The van der Waals surface area contributed by atoms with Gasteiger partial charge >= 0.3 is 0 Å². The van der Waals surface area contributed by atoms with E-state index >= 15 is 0 Å². The summed E-state index contributed by atoms with van der Waals surface area (Å²) in [6.07, 6.45) is 0.394. The monoisotopic (exact) mass is 288 g/mol. The van der Waals surface area contributed by atoms with Crippen molar-refractivity contribution >= 4 is 11.3 Å². The van der Waals surface area contributed by atoms with Crippen LogP contribution in [0, 0.1) is 0 Å². The molecular formula is C16H20N2OS. The third-order valence-electron chi connectivity index (χ3n) is 3.86. The lowest BCUT2D eigenvalue weighted by molar-refractivity contribution is 0.204. The normalized spacial score (nSPS) is 17.2. The molecule has 4 heteroatoms. The van der Waals surface area contributed by atoms with E-state index in [1.807, 2.05) is 30.3 Å². The first-order chi connectivity index (χ1) is 9.65. The summed E-state index contributed by atoms with van der Waals surface area (Å²) < 4.78 is 0. The van der Waals surface area contributed by atoms with Gasteiger partial charge in [0.15, 0.2) is 0 Å². The fourth-order valence-corrected chi connectivity index (χ4v) is 3.72. The fraction of sp³-hybridized carbons (Fsp3) is 0.438. The molecule has 106 valence electrons. The van der Waals surface area contributed by atoms with Crippen LogP contribution >= 0.6 is 11.3 Å². The molecule has 2 aromatic rings. The summed E-state index contributed by atoms with van der Waals surface area (Å²) in [5.74, 6) is 0. The smallest absolute Gasteiger partial charge is 0.131 e. The number of thiazole rings is 1.